The molecule has 0 radical (unpaired) electrons. The van der Waals surface area contributed by atoms with E-state index >= 15 is 0 Å². The summed E-state index contributed by atoms with van der Waals surface area (Å²) in [5, 5.41) is 2.32. The van der Waals surface area contributed by atoms with Crippen LogP contribution in [0.25, 0.3) is 0 Å². The van der Waals surface area contributed by atoms with Crippen LogP contribution in [0, 0.1) is 0 Å². The van der Waals surface area contributed by atoms with Crippen LogP contribution in [0.15, 0.2) is 0 Å². The molecule has 4 heteroatoms. The highest BCUT2D eigenvalue weighted by Gasteiger charge is 2.04. The molecule has 52 valence electrons. The van der Waals surface area contributed by atoms with Gasteiger partial charge in [0.05, 0.1) is 0 Å². The van der Waals surface area contributed by atoms with Gasteiger partial charge in [-0.05, 0) is 6.92 Å². The van der Waals surface area contributed by atoms with Gasteiger partial charge in [0.15, 0.2) is 0 Å². The van der Waals surface area contributed by atoms with Gasteiger partial charge in [-0.1, -0.05) is 0 Å². The zero-order valence-corrected chi connectivity index (χ0v) is 5.55. The van der Waals surface area contributed by atoms with Crippen molar-refractivity contribution in [3.8, 4) is 0 Å². The molecule has 0 aromatic carbocycles. The maximum absolute atomic E-state index is 10.6. The Bertz CT molecular complexity index is 114. The van der Waals surface area contributed by atoms with Gasteiger partial charge in [-0.25, -0.2) is 4.79 Å². The van der Waals surface area contributed by atoms with E-state index < -0.39 is 0 Å². The maximum Gasteiger partial charge on any atom is 0.323 e. The summed E-state index contributed by atoms with van der Waals surface area (Å²) in [4.78, 5) is 21.6. The highest BCUT2D eigenvalue weighted by atomic mass is 16.2. The second-order valence-corrected chi connectivity index (χ2v) is 1.45. The third-order valence-corrected chi connectivity index (χ3v) is 0.943. The Kier molecular flexibility index (Phi) is 3.43. The standard InChI is InChI=1S/C5H10N2O2/c1-3-7(4-8)5(9)6-2/h4H,3H2,1-2H3,(H,6,9). The van der Waals surface area contributed by atoms with Crippen molar-refractivity contribution in [2.45, 2.75) is 6.92 Å². The number of rotatable bonds is 2. The lowest BCUT2D eigenvalue weighted by atomic mass is 10.6. The van der Waals surface area contributed by atoms with E-state index in [1.165, 1.54) is 7.05 Å². The first kappa shape index (κ1) is 7.94. The zero-order valence-electron chi connectivity index (χ0n) is 5.55. The third-order valence-electron chi connectivity index (χ3n) is 0.943. The van der Waals surface area contributed by atoms with Crippen LogP contribution < -0.4 is 5.32 Å². The monoisotopic (exact) mass is 130 g/mol. The molecular weight excluding hydrogens is 120 g/mol. The Morgan fingerprint density at radius 2 is 2.33 bits per heavy atom. The molecule has 0 unspecified atom stereocenters. The van der Waals surface area contributed by atoms with Gasteiger partial charge >= 0.3 is 6.03 Å². The van der Waals surface area contributed by atoms with Gasteiger partial charge in [0, 0.05) is 13.6 Å². The molecule has 1 N–H and O–H groups in total. The summed E-state index contributed by atoms with van der Waals surface area (Å²) in [6, 6.07) is -0.368. The number of hydrogen-bond acceptors (Lipinski definition) is 2. The molecule has 3 amide bonds. The molecule has 0 saturated heterocycles. The summed E-state index contributed by atoms with van der Waals surface area (Å²) >= 11 is 0. The Hall–Kier alpha value is -1.06. The normalized spacial score (nSPS) is 8.22. The lowest BCUT2D eigenvalue weighted by Crippen LogP contribution is -2.36. The number of carbonyl (C=O) groups is 2. The smallest absolute Gasteiger partial charge is 0.323 e. The Morgan fingerprint density at radius 3 is 2.44 bits per heavy atom. The Morgan fingerprint density at radius 1 is 1.78 bits per heavy atom. The lowest BCUT2D eigenvalue weighted by Gasteiger charge is -2.10. The fraction of sp³-hybridized carbons (Fsp3) is 0.600. The van der Waals surface area contributed by atoms with E-state index in [2.05, 4.69) is 5.32 Å². The van der Waals surface area contributed by atoms with Gasteiger partial charge in [-0.3, -0.25) is 9.69 Å². The number of imide groups is 1. The van der Waals surface area contributed by atoms with Crippen molar-refractivity contribution >= 4 is 12.4 Å². The van der Waals surface area contributed by atoms with Crippen molar-refractivity contribution in [2.75, 3.05) is 13.6 Å². The summed E-state index contributed by atoms with van der Waals surface area (Å²) in [7, 11) is 1.48. The topological polar surface area (TPSA) is 49.4 Å². The summed E-state index contributed by atoms with van der Waals surface area (Å²) < 4.78 is 0. The number of nitrogens with zero attached hydrogens (tertiary/aromatic N) is 1. The summed E-state index contributed by atoms with van der Waals surface area (Å²) in [5.74, 6) is 0. The molecule has 0 saturated carbocycles. The molecule has 0 aromatic rings. The Labute approximate surface area is 53.8 Å². The minimum Gasteiger partial charge on any atom is -0.341 e. The van der Waals surface area contributed by atoms with Crippen molar-refractivity contribution in [1.82, 2.24) is 10.2 Å². The van der Waals surface area contributed by atoms with Crippen LogP contribution >= 0.6 is 0 Å². The molecule has 4 nitrogen and oxygen atoms in total. The van der Waals surface area contributed by atoms with Crippen LogP contribution in [0.4, 0.5) is 4.79 Å². The first-order valence-corrected chi connectivity index (χ1v) is 2.69. The first-order chi connectivity index (χ1) is 4.26. The summed E-state index contributed by atoms with van der Waals surface area (Å²) in [6.07, 6.45) is 0.499. The van der Waals surface area contributed by atoms with E-state index in [-0.39, 0.29) is 6.03 Å². The van der Waals surface area contributed by atoms with Crippen molar-refractivity contribution in [3.05, 3.63) is 0 Å². The van der Waals surface area contributed by atoms with Gasteiger partial charge in [-0.2, -0.15) is 0 Å². The van der Waals surface area contributed by atoms with E-state index in [1.54, 1.807) is 6.92 Å². The number of hydrogen-bond donors (Lipinski definition) is 1. The van der Waals surface area contributed by atoms with Crippen LogP contribution in [0.2, 0.25) is 0 Å². The molecule has 0 rings (SSSR count). The highest BCUT2D eigenvalue weighted by molar-refractivity contribution is 5.84. The molecule has 0 spiro atoms. The van der Waals surface area contributed by atoms with Crippen LogP contribution in [-0.2, 0) is 4.79 Å². The van der Waals surface area contributed by atoms with Gasteiger partial charge in [-0.15, -0.1) is 0 Å². The zero-order chi connectivity index (χ0) is 7.28. The number of urea groups is 1. The second-order valence-electron chi connectivity index (χ2n) is 1.45. The molecular formula is C5H10N2O2. The number of nitrogens with one attached hydrogen (secondary N) is 1. The fourth-order valence-corrected chi connectivity index (χ4v) is 0.410. The predicted octanol–water partition coefficient (Wildman–Crippen LogP) is -0.196. The van der Waals surface area contributed by atoms with Crippen LogP contribution in [0.3, 0.4) is 0 Å². The first-order valence-electron chi connectivity index (χ1n) is 2.69. The Balaban J connectivity index is 3.78. The molecule has 0 aromatic heterocycles. The van der Waals surface area contributed by atoms with E-state index in [0.717, 1.165) is 4.90 Å². The average molecular weight is 130 g/mol. The van der Waals surface area contributed by atoms with Gasteiger partial charge in [0.2, 0.25) is 6.41 Å². The fourth-order valence-electron chi connectivity index (χ4n) is 0.410. The second kappa shape index (κ2) is 3.88. The highest BCUT2D eigenvalue weighted by Crippen LogP contribution is 1.80. The van der Waals surface area contributed by atoms with Crippen molar-refractivity contribution < 1.29 is 9.59 Å². The predicted molar refractivity (Wildman–Crippen MR) is 32.9 cm³/mol. The summed E-state index contributed by atoms with van der Waals surface area (Å²) in [6.45, 7) is 2.13. The van der Waals surface area contributed by atoms with E-state index in [0.29, 0.717) is 13.0 Å². The number of carbonyl (C=O) groups excluding carboxylic acids is 2. The molecule has 0 bridgehead atoms. The van der Waals surface area contributed by atoms with Crippen LogP contribution in [0.5, 0.6) is 0 Å². The van der Waals surface area contributed by atoms with E-state index in [1.807, 2.05) is 0 Å². The van der Waals surface area contributed by atoms with E-state index in [4.69, 9.17) is 0 Å². The van der Waals surface area contributed by atoms with Gasteiger partial charge in [0.25, 0.3) is 0 Å². The van der Waals surface area contributed by atoms with Crippen molar-refractivity contribution in [2.24, 2.45) is 0 Å². The van der Waals surface area contributed by atoms with Crippen molar-refractivity contribution in [3.63, 3.8) is 0 Å². The molecule has 0 heterocycles. The van der Waals surface area contributed by atoms with Gasteiger partial charge < -0.3 is 5.32 Å². The van der Waals surface area contributed by atoms with Crippen LogP contribution in [0.1, 0.15) is 6.92 Å². The molecule has 0 aliphatic heterocycles. The van der Waals surface area contributed by atoms with Crippen molar-refractivity contribution in [1.29, 1.82) is 0 Å². The summed E-state index contributed by atoms with van der Waals surface area (Å²) in [5.41, 5.74) is 0. The van der Waals surface area contributed by atoms with Gasteiger partial charge in [0.1, 0.15) is 0 Å². The SMILES string of the molecule is CCN(C=O)C(=O)NC. The molecule has 9 heavy (non-hydrogen) atoms. The van der Waals surface area contributed by atoms with Crippen LogP contribution in [-0.4, -0.2) is 30.9 Å². The molecule has 0 aliphatic carbocycles. The average Bonchev–Trinajstić information content (AvgIpc) is 1.90. The quantitative estimate of drug-likeness (QED) is 0.526. The molecule has 0 aliphatic rings. The minimum atomic E-state index is -0.368. The largest absolute Gasteiger partial charge is 0.341 e. The lowest BCUT2D eigenvalue weighted by molar-refractivity contribution is -0.115. The molecule has 0 fully saturated rings. The van der Waals surface area contributed by atoms with E-state index in [9.17, 15) is 9.59 Å². The minimum absolute atomic E-state index is 0.368. The third kappa shape index (κ3) is 2.12. The maximum atomic E-state index is 10.6. The number of amides is 3. The molecule has 0 atom stereocenters.